The molecule has 0 aromatic carbocycles. The van der Waals surface area contributed by atoms with E-state index < -0.39 is 0 Å². The number of nitrogens with two attached hydrogens (primary N) is 1. The summed E-state index contributed by atoms with van der Waals surface area (Å²) in [6.07, 6.45) is 10.5. The second-order valence-corrected chi connectivity index (χ2v) is 7.99. The Balaban J connectivity index is 1.48. The Morgan fingerprint density at radius 3 is 2.62 bits per heavy atom. The molecular formula is C22H25ClN6. The molecule has 1 aliphatic rings. The van der Waals surface area contributed by atoms with Crippen molar-refractivity contribution in [2.24, 2.45) is 11.7 Å². The Morgan fingerprint density at radius 2 is 1.83 bits per heavy atom. The van der Waals surface area contributed by atoms with Crippen molar-refractivity contribution in [3.63, 3.8) is 0 Å². The lowest BCUT2D eigenvalue weighted by Gasteiger charge is -2.25. The van der Waals surface area contributed by atoms with Gasteiger partial charge in [-0.3, -0.25) is 4.98 Å². The van der Waals surface area contributed by atoms with Gasteiger partial charge in [-0.25, -0.2) is 15.0 Å². The minimum atomic E-state index is 0.347. The molecule has 0 atom stereocenters. The van der Waals surface area contributed by atoms with Gasteiger partial charge >= 0.3 is 0 Å². The fraction of sp³-hybridized carbons (Fsp3) is 0.364. The maximum Gasteiger partial charge on any atom is 0.129 e. The average Bonchev–Trinajstić information content (AvgIpc) is 2.76. The number of nitrogens with zero attached hydrogens (tertiary/aromatic N) is 4. The van der Waals surface area contributed by atoms with Crippen LogP contribution in [0.4, 0.5) is 5.82 Å². The van der Waals surface area contributed by atoms with Crippen molar-refractivity contribution in [2.75, 3.05) is 5.32 Å². The standard InChI is InChI=1S/C22H25ClN6/c23-18-14-27-21(12-15-4-6-17(24)7-5-15)29-22(18)19-2-1-3-20(28-19)26-13-16-8-10-25-11-9-16/h1-3,8-11,14-15,17H,4-7,12-13,24H2,(H,26,28). The molecule has 0 aliphatic heterocycles. The van der Waals surface area contributed by atoms with Crippen LogP contribution in [0.2, 0.25) is 5.02 Å². The first kappa shape index (κ1) is 19.7. The van der Waals surface area contributed by atoms with Crippen LogP contribution in [0.25, 0.3) is 11.4 Å². The van der Waals surface area contributed by atoms with E-state index in [-0.39, 0.29) is 0 Å². The fourth-order valence-electron chi connectivity index (χ4n) is 3.69. The van der Waals surface area contributed by atoms with Crippen LogP contribution >= 0.6 is 11.6 Å². The number of hydrogen-bond acceptors (Lipinski definition) is 6. The van der Waals surface area contributed by atoms with Crippen molar-refractivity contribution >= 4 is 17.4 Å². The molecule has 3 aromatic heterocycles. The summed E-state index contributed by atoms with van der Waals surface area (Å²) in [5.41, 5.74) is 8.58. The summed E-state index contributed by atoms with van der Waals surface area (Å²) in [5.74, 6) is 2.18. The van der Waals surface area contributed by atoms with E-state index >= 15 is 0 Å². The number of halogens is 1. The molecule has 3 heterocycles. The highest BCUT2D eigenvalue weighted by Gasteiger charge is 2.20. The number of aromatic nitrogens is 4. The third-order valence-electron chi connectivity index (χ3n) is 5.37. The van der Waals surface area contributed by atoms with Crippen LogP contribution in [0.1, 0.15) is 37.1 Å². The second kappa shape index (κ2) is 9.29. The summed E-state index contributed by atoms with van der Waals surface area (Å²) in [4.78, 5) is 17.9. The summed E-state index contributed by atoms with van der Waals surface area (Å²) in [6, 6.07) is 10.1. The lowest BCUT2D eigenvalue weighted by molar-refractivity contribution is 0.321. The quantitative estimate of drug-likeness (QED) is 0.633. The van der Waals surface area contributed by atoms with Gasteiger partial charge in [-0.05, 0) is 61.4 Å². The van der Waals surface area contributed by atoms with Crippen molar-refractivity contribution < 1.29 is 0 Å². The van der Waals surface area contributed by atoms with Crippen LogP contribution in [0.15, 0.2) is 48.9 Å². The Hall–Kier alpha value is -2.57. The topological polar surface area (TPSA) is 89.6 Å². The summed E-state index contributed by atoms with van der Waals surface area (Å²) in [6.45, 7) is 0.672. The summed E-state index contributed by atoms with van der Waals surface area (Å²) >= 11 is 6.41. The normalized spacial score (nSPS) is 19.1. The third-order valence-corrected chi connectivity index (χ3v) is 5.65. The molecule has 0 saturated heterocycles. The molecule has 0 bridgehead atoms. The van der Waals surface area contributed by atoms with Crippen LogP contribution in [0, 0.1) is 5.92 Å². The summed E-state index contributed by atoms with van der Waals surface area (Å²) in [7, 11) is 0. The zero-order chi connectivity index (χ0) is 20.1. The Kier molecular flexibility index (Phi) is 6.32. The predicted octanol–water partition coefficient (Wildman–Crippen LogP) is 4.26. The van der Waals surface area contributed by atoms with Crippen molar-refractivity contribution in [1.29, 1.82) is 0 Å². The van der Waals surface area contributed by atoms with Crippen molar-refractivity contribution in [3.8, 4) is 11.4 Å². The largest absolute Gasteiger partial charge is 0.366 e. The van der Waals surface area contributed by atoms with Gasteiger partial charge in [0.2, 0.25) is 0 Å². The highest BCUT2D eigenvalue weighted by Crippen LogP contribution is 2.28. The Morgan fingerprint density at radius 1 is 1.03 bits per heavy atom. The van der Waals surface area contributed by atoms with Gasteiger partial charge < -0.3 is 11.1 Å². The Labute approximate surface area is 176 Å². The lowest BCUT2D eigenvalue weighted by Crippen LogP contribution is -2.27. The van der Waals surface area contributed by atoms with E-state index in [4.69, 9.17) is 27.3 Å². The molecule has 0 spiro atoms. The Bertz CT molecular complexity index is 941. The van der Waals surface area contributed by atoms with E-state index in [1.54, 1.807) is 18.6 Å². The molecule has 3 aromatic rings. The zero-order valence-electron chi connectivity index (χ0n) is 16.3. The fourth-order valence-corrected chi connectivity index (χ4v) is 3.88. The number of nitrogens with one attached hydrogen (secondary N) is 1. The minimum Gasteiger partial charge on any atom is -0.366 e. The maximum atomic E-state index is 6.41. The van der Waals surface area contributed by atoms with Gasteiger partial charge in [0.15, 0.2) is 0 Å². The molecule has 1 saturated carbocycles. The molecule has 1 fully saturated rings. The van der Waals surface area contributed by atoms with Gasteiger partial charge in [0.05, 0.1) is 10.7 Å². The molecule has 29 heavy (non-hydrogen) atoms. The smallest absolute Gasteiger partial charge is 0.129 e. The van der Waals surface area contributed by atoms with E-state index in [0.29, 0.717) is 29.2 Å². The predicted molar refractivity (Wildman–Crippen MR) is 115 cm³/mol. The van der Waals surface area contributed by atoms with Gasteiger partial charge in [-0.1, -0.05) is 17.7 Å². The molecule has 0 amide bonds. The van der Waals surface area contributed by atoms with Crippen LogP contribution in [-0.2, 0) is 13.0 Å². The summed E-state index contributed by atoms with van der Waals surface area (Å²) < 4.78 is 0. The van der Waals surface area contributed by atoms with E-state index in [0.717, 1.165) is 55.0 Å². The molecule has 7 heteroatoms. The maximum absolute atomic E-state index is 6.41. The SMILES string of the molecule is NC1CCC(Cc2ncc(Cl)c(-c3cccc(NCc4ccncc4)n3)n2)CC1. The third kappa shape index (κ3) is 5.28. The second-order valence-electron chi connectivity index (χ2n) is 7.58. The van der Waals surface area contributed by atoms with Crippen LogP contribution < -0.4 is 11.1 Å². The monoisotopic (exact) mass is 408 g/mol. The molecule has 6 nitrogen and oxygen atoms in total. The summed E-state index contributed by atoms with van der Waals surface area (Å²) in [5, 5.41) is 3.85. The van der Waals surface area contributed by atoms with E-state index in [1.165, 1.54) is 0 Å². The average molecular weight is 409 g/mol. The van der Waals surface area contributed by atoms with E-state index in [2.05, 4.69) is 15.3 Å². The van der Waals surface area contributed by atoms with Gasteiger partial charge in [0.1, 0.15) is 17.3 Å². The molecule has 3 N–H and O–H groups in total. The highest BCUT2D eigenvalue weighted by atomic mass is 35.5. The van der Waals surface area contributed by atoms with E-state index in [9.17, 15) is 0 Å². The molecular weight excluding hydrogens is 384 g/mol. The number of anilines is 1. The van der Waals surface area contributed by atoms with Crippen LogP contribution in [0.3, 0.4) is 0 Å². The van der Waals surface area contributed by atoms with Crippen molar-refractivity contribution in [3.05, 3.63) is 65.3 Å². The zero-order valence-corrected chi connectivity index (χ0v) is 17.0. The number of rotatable bonds is 6. The number of hydrogen-bond donors (Lipinski definition) is 2. The molecule has 150 valence electrons. The van der Waals surface area contributed by atoms with Gasteiger partial charge in [-0.15, -0.1) is 0 Å². The first-order valence-electron chi connectivity index (χ1n) is 10.0. The van der Waals surface area contributed by atoms with Gasteiger partial charge in [0, 0.05) is 37.6 Å². The van der Waals surface area contributed by atoms with Crippen molar-refractivity contribution in [2.45, 2.75) is 44.7 Å². The number of pyridine rings is 2. The van der Waals surface area contributed by atoms with Gasteiger partial charge in [0.25, 0.3) is 0 Å². The van der Waals surface area contributed by atoms with E-state index in [1.807, 2.05) is 30.3 Å². The molecule has 0 radical (unpaired) electrons. The van der Waals surface area contributed by atoms with Crippen LogP contribution in [0.5, 0.6) is 0 Å². The molecule has 1 aliphatic carbocycles. The first-order chi connectivity index (χ1) is 14.2. The van der Waals surface area contributed by atoms with Gasteiger partial charge in [-0.2, -0.15) is 0 Å². The highest BCUT2D eigenvalue weighted by molar-refractivity contribution is 6.32. The minimum absolute atomic E-state index is 0.347. The van der Waals surface area contributed by atoms with Crippen LogP contribution in [-0.4, -0.2) is 26.0 Å². The molecule has 4 rings (SSSR count). The first-order valence-corrected chi connectivity index (χ1v) is 10.4. The molecule has 0 unspecified atom stereocenters. The lowest BCUT2D eigenvalue weighted by atomic mass is 9.84. The van der Waals surface area contributed by atoms with Crippen molar-refractivity contribution in [1.82, 2.24) is 19.9 Å².